The second kappa shape index (κ2) is 6.93. The molecule has 0 saturated heterocycles. The first kappa shape index (κ1) is 14.4. The number of aliphatic hydroxyl groups excluding tert-OH is 1. The zero-order valence-electron chi connectivity index (χ0n) is 11.4. The Labute approximate surface area is 118 Å². The molecule has 0 aliphatic heterocycles. The molecule has 0 spiro atoms. The largest absolute Gasteiger partial charge is 0.489 e. The summed E-state index contributed by atoms with van der Waals surface area (Å²) in [4.78, 5) is 0. The first-order valence-electron chi connectivity index (χ1n) is 6.52. The number of nitrogens with two attached hydrogens (primary N) is 1. The van der Waals surface area contributed by atoms with Gasteiger partial charge in [0.25, 0.3) is 0 Å². The maximum absolute atomic E-state index is 9.27. The molecule has 0 bridgehead atoms. The van der Waals surface area contributed by atoms with E-state index in [1.165, 1.54) is 0 Å². The Hall–Kier alpha value is -2.04. The van der Waals surface area contributed by atoms with Crippen LogP contribution < -0.4 is 15.2 Å². The predicted molar refractivity (Wildman–Crippen MR) is 77.5 cm³/mol. The molecule has 106 valence electrons. The number of hydrogen-bond donors (Lipinski definition) is 2. The second-order valence-corrected chi connectivity index (χ2v) is 4.57. The van der Waals surface area contributed by atoms with Crippen molar-refractivity contribution in [3.8, 4) is 11.5 Å². The van der Waals surface area contributed by atoms with Gasteiger partial charge in [-0.1, -0.05) is 30.3 Å². The maximum atomic E-state index is 9.27. The number of aliphatic hydroxyl groups is 1. The van der Waals surface area contributed by atoms with Crippen LogP contribution in [0.25, 0.3) is 0 Å². The molecule has 2 aromatic rings. The third kappa shape index (κ3) is 4.26. The molecule has 3 N–H and O–H groups in total. The van der Waals surface area contributed by atoms with Crippen molar-refractivity contribution < 1.29 is 14.6 Å². The summed E-state index contributed by atoms with van der Waals surface area (Å²) in [5.41, 5.74) is 6.73. The van der Waals surface area contributed by atoms with Crippen molar-refractivity contribution in [2.45, 2.75) is 25.9 Å². The van der Waals surface area contributed by atoms with Crippen molar-refractivity contribution in [2.24, 2.45) is 5.73 Å². The molecule has 0 heterocycles. The van der Waals surface area contributed by atoms with E-state index in [-0.39, 0.29) is 0 Å². The molecule has 2 atom stereocenters. The molecule has 0 aromatic heterocycles. The van der Waals surface area contributed by atoms with Crippen molar-refractivity contribution in [1.29, 1.82) is 0 Å². The fourth-order valence-electron chi connectivity index (χ4n) is 1.61. The minimum absolute atomic E-state index is 0.522. The van der Waals surface area contributed by atoms with Crippen LogP contribution in [0.2, 0.25) is 0 Å². The Morgan fingerprint density at radius 3 is 2.20 bits per heavy atom. The van der Waals surface area contributed by atoms with Gasteiger partial charge in [-0.15, -0.1) is 0 Å². The molecular formula is C16H19NO3. The van der Waals surface area contributed by atoms with Gasteiger partial charge < -0.3 is 14.6 Å². The Kier molecular flexibility index (Phi) is 4.98. The average molecular weight is 273 g/mol. The molecule has 2 rings (SSSR count). The van der Waals surface area contributed by atoms with Gasteiger partial charge in [-0.2, -0.15) is 0 Å². The average Bonchev–Trinajstić information content (AvgIpc) is 2.47. The summed E-state index contributed by atoms with van der Waals surface area (Å²) in [5.74, 6) is 1.36. The van der Waals surface area contributed by atoms with E-state index >= 15 is 0 Å². The van der Waals surface area contributed by atoms with E-state index in [9.17, 15) is 5.11 Å². The van der Waals surface area contributed by atoms with Crippen LogP contribution in [0, 0.1) is 0 Å². The van der Waals surface area contributed by atoms with E-state index in [2.05, 4.69) is 0 Å². The number of hydrogen-bond acceptors (Lipinski definition) is 4. The minimum Gasteiger partial charge on any atom is -0.489 e. The fourth-order valence-corrected chi connectivity index (χ4v) is 1.61. The Morgan fingerprint density at radius 1 is 1.00 bits per heavy atom. The van der Waals surface area contributed by atoms with Crippen LogP contribution in [0.4, 0.5) is 0 Å². The number of rotatable bonds is 6. The van der Waals surface area contributed by atoms with Gasteiger partial charge in [0.15, 0.2) is 6.23 Å². The molecule has 0 radical (unpaired) electrons. The molecule has 0 saturated carbocycles. The highest BCUT2D eigenvalue weighted by Gasteiger charge is 2.10. The third-order valence-electron chi connectivity index (χ3n) is 2.82. The minimum atomic E-state index is -0.730. The quantitative estimate of drug-likeness (QED) is 0.793. The molecule has 4 heteroatoms. The van der Waals surface area contributed by atoms with Crippen LogP contribution in [0.5, 0.6) is 11.5 Å². The predicted octanol–water partition coefficient (Wildman–Crippen LogP) is 2.31. The van der Waals surface area contributed by atoms with Gasteiger partial charge in [-0.25, -0.2) is 0 Å². The number of benzene rings is 2. The highest BCUT2D eigenvalue weighted by atomic mass is 16.5. The summed E-state index contributed by atoms with van der Waals surface area (Å²) in [6, 6.07) is 17.1. The Morgan fingerprint density at radius 2 is 1.60 bits per heavy atom. The van der Waals surface area contributed by atoms with Gasteiger partial charge >= 0.3 is 0 Å². The zero-order chi connectivity index (χ0) is 14.4. The fraction of sp³-hybridized carbons (Fsp3) is 0.250. The van der Waals surface area contributed by atoms with Crippen molar-refractivity contribution in [2.75, 3.05) is 0 Å². The van der Waals surface area contributed by atoms with Crippen LogP contribution in [0.1, 0.15) is 12.5 Å². The smallest absolute Gasteiger partial charge is 0.173 e. The summed E-state index contributed by atoms with van der Waals surface area (Å²) in [5, 5.41) is 9.27. The molecule has 2 unspecified atom stereocenters. The van der Waals surface area contributed by atoms with Crippen LogP contribution in [0.15, 0.2) is 54.6 Å². The van der Waals surface area contributed by atoms with Crippen LogP contribution in [-0.4, -0.2) is 17.4 Å². The highest BCUT2D eigenvalue weighted by Crippen LogP contribution is 2.19. The van der Waals surface area contributed by atoms with Crippen LogP contribution in [-0.2, 0) is 6.61 Å². The second-order valence-electron chi connectivity index (χ2n) is 4.57. The summed E-state index contributed by atoms with van der Waals surface area (Å²) in [7, 11) is 0. The molecule has 0 aliphatic rings. The lowest BCUT2D eigenvalue weighted by atomic mass is 10.2. The monoisotopic (exact) mass is 273 g/mol. The third-order valence-corrected chi connectivity index (χ3v) is 2.82. The summed E-state index contributed by atoms with van der Waals surface area (Å²) in [6.45, 7) is 2.11. The Bertz CT molecular complexity index is 511. The zero-order valence-corrected chi connectivity index (χ0v) is 11.4. The normalized spacial score (nSPS) is 13.6. The molecule has 0 fully saturated rings. The lowest BCUT2D eigenvalue weighted by molar-refractivity contribution is 0.0528. The van der Waals surface area contributed by atoms with E-state index in [1.54, 1.807) is 19.1 Å². The topological polar surface area (TPSA) is 64.7 Å². The van der Waals surface area contributed by atoms with Gasteiger partial charge in [0.1, 0.15) is 24.2 Å². The lowest BCUT2D eigenvalue weighted by Gasteiger charge is -2.17. The van der Waals surface area contributed by atoms with Crippen LogP contribution in [0.3, 0.4) is 0 Å². The van der Waals surface area contributed by atoms with E-state index in [4.69, 9.17) is 15.2 Å². The van der Waals surface area contributed by atoms with Gasteiger partial charge in [-0.05, 0) is 36.8 Å². The SMILES string of the molecule is CC(O)C(N)Oc1ccc(OCc2ccccc2)cc1. The van der Waals surface area contributed by atoms with E-state index in [1.807, 2.05) is 42.5 Å². The number of ether oxygens (including phenoxy) is 2. The van der Waals surface area contributed by atoms with Gasteiger partial charge in [0.05, 0.1) is 0 Å². The molecule has 0 amide bonds. The maximum Gasteiger partial charge on any atom is 0.173 e. The summed E-state index contributed by atoms with van der Waals surface area (Å²) in [6.07, 6.45) is -1.45. The summed E-state index contributed by atoms with van der Waals surface area (Å²) < 4.78 is 11.0. The van der Waals surface area contributed by atoms with Crippen molar-refractivity contribution in [3.63, 3.8) is 0 Å². The van der Waals surface area contributed by atoms with Gasteiger partial charge in [0.2, 0.25) is 0 Å². The molecule has 0 aliphatic carbocycles. The van der Waals surface area contributed by atoms with Crippen molar-refractivity contribution in [1.82, 2.24) is 0 Å². The molecule has 4 nitrogen and oxygen atoms in total. The van der Waals surface area contributed by atoms with E-state index < -0.39 is 12.3 Å². The lowest BCUT2D eigenvalue weighted by Crippen LogP contribution is -2.37. The Balaban J connectivity index is 1.88. The van der Waals surface area contributed by atoms with Gasteiger partial charge in [-0.3, -0.25) is 5.73 Å². The molecule has 2 aromatic carbocycles. The standard InChI is InChI=1S/C16H19NO3/c1-12(18)16(17)20-15-9-7-14(8-10-15)19-11-13-5-3-2-4-6-13/h2-10,12,16,18H,11,17H2,1H3. The highest BCUT2D eigenvalue weighted by molar-refractivity contribution is 5.31. The van der Waals surface area contributed by atoms with Crippen LogP contribution >= 0.6 is 0 Å². The van der Waals surface area contributed by atoms with E-state index in [0.717, 1.165) is 11.3 Å². The van der Waals surface area contributed by atoms with Crippen molar-refractivity contribution in [3.05, 3.63) is 60.2 Å². The first-order valence-corrected chi connectivity index (χ1v) is 6.52. The van der Waals surface area contributed by atoms with Crippen molar-refractivity contribution >= 4 is 0 Å². The molecule has 20 heavy (non-hydrogen) atoms. The van der Waals surface area contributed by atoms with E-state index in [0.29, 0.717) is 12.4 Å². The summed E-state index contributed by atoms with van der Waals surface area (Å²) >= 11 is 0. The van der Waals surface area contributed by atoms with Gasteiger partial charge in [0, 0.05) is 0 Å². The molecular weight excluding hydrogens is 254 g/mol. The first-order chi connectivity index (χ1) is 9.65.